The highest BCUT2D eigenvalue weighted by Gasteiger charge is 2.19. The molecule has 6 heteroatoms. The number of hydrogen-bond acceptors (Lipinski definition) is 3. The zero-order valence-electron chi connectivity index (χ0n) is 10.2. The maximum Gasteiger partial charge on any atom is 0.279 e. The van der Waals surface area contributed by atoms with Gasteiger partial charge in [0.1, 0.15) is 0 Å². The Balaban J connectivity index is 2.84. The molecular weight excluding hydrogens is 238 g/mol. The minimum absolute atomic E-state index is 0.330. The van der Waals surface area contributed by atoms with Crippen LogP contribution in [-0.4, -0.2) is 25.8 Å². The first-order valence-corrected chi connectivity index (χ1v) is 7.02. The fourth-order valence-corrected chi connectivity index (χ4v) is 2.74. The summed E-state index contributed by atoms with van der Waals surface area (Å²) >= 11 is 0. The van der Waals surface area contributed by atoms with E-state index in [9.17, 15) is 8.42 Å². The van der Waals surface area contributed by atoms with Crippen LogP contribution in [0.1, 0.15) is 19.4 Å². The second kappa shape index (κ2) is 6.00. The Morgan fingerprint density at radius 2 is 2.06 bits per heavy atom. The van der Waals surface area contributed by atoms with Crippen molar-refractivity contribution in [3.05, 3.63) is 29.8 Å². The lowest BCUT2D eigenvalue weighted by Crippen LogP contribution is -2.40. The Bertz CT molecular complexity index is 460. The van der Waals surface area contributed by atoms with E-state index >= 15 is 0 Å². The molecule has 0 saturated heterocycles. The summed E-state index contributed by atoms with van der Waals surface area (Å²) in [4.78, 5) is 0. The van der Waals surface area contributed by atoms with Crippen molar-refractivity contribution in [3.63, 3.8) is 0 Å². The Morgan fingerprint density at radius 3 is 2.59 bits per heavy atom. The molecule has 0 unspecified atom stereocenters. The Hall–Kier alpha value is -1.11. The van der Waals surface area contributed by atoms with Gasteiger partial charge in [0, 0.05) is 25.3 Å². The van der Waals surface area contributed by atoms with Crippen molar-refractivity contribution in [3.8, 4) is 0 Å². The number of nitrogen functional groups attached to an aromatic ring is 1. The van der Waals surface area contributed by atoms with Crippen LogP contribution in [0.3, 0.4) is 0 Å². The van der Waals surface area contributed by atoms with Gasteiger partial charge in [-0.25, -0.2) is 4.72 Å². The molecule has 96 valence electrons. The van der Waals surface area contributed by atoms with Gasteiger partial charge in [0.05, 0.1) is 0 Å². The fraction of sp³-hybridized carbons (Fsp3) is 0.455. The van der Waals surface area contributed by atoms with E-state index in [1.54, 1.807) is 26.0 Å². The molecule has 0 saturated carbocycles. The first kappa shape index (κ1) is 14.0. The zero-order chi connectivity index (χ0) is 12.9. The molecule has 3 N–H and O–H groups in total. The Morgan fingerprint density at radius 1 is 1.35 bits per heavy atom. The fourth-order valence-electron chi connectivity index (χ4n) is 1.54. The maximum absolute atomic E-state index is 11.8. The van der Waals surface area contributed by atoms with E-state index in [-0.39, 0.29) is 0 Å². The van der Waals surface area contributed by atoms with Gasteiger partial charge in [0.15, 0.2) is 0 Å². The standard InChI is InChI=1S/C11H19N3O2S/c1-3-13-17(15,16)14(4-2)9-10-6-5-7-11(12)8-10/h5-8,13H,3-4,9,12H2,1-2H3. The second-order valence-corrected chi connectivity index (χ2v) is 5.43. The average molecular weight is 257 g/mol. The number of benzene rings is 1. The molecule has 5 nitrogen and oxygen atoms in total. The molecule has 0 spiro atoms. The smallest absolute Gasteiger partial charge is 0.279 e. The second-order valence-electron chi connectivity index (χ2n) is 3.67. The number of rotatable bonds is 6. The largest absolute Gasteiger partial charge is 0.399 e. The van der Waals surface area contributed by atoms with Gasteiger partial charge in [-0.1, -0.05) is 26.0 Å². The first-order chi connectivity index (χ1) is 7.99. The maximum atomic E-state index is 11.8. The highest BCUT2D eigenvalue weighted by atomic mass is 32.2. The number of nitrogens with one attached hydrogen (secondary N) is 1. The molecule has 1 rings (SSSR count). The normalized spacial score (nSPS) is 11.9. The van der Waals surface area contributed by atoms with E-state index in [0.717, 1.165) is 5.56 Å². The third kappa shape index (κ3) is 3.99. The zero-order valence-corrected chi connectivity index (χ0v) is 11.0. The van der Waals surface area contributed by atoms with Crippen molar-refractivity contribution in [2.75, 3.05) is 18.8 Å². The van der Waals surface area contributed by atoms with Gasteiger partial charge in [0.25, 0.3) is 10.2 Å². The molecule has 0 bridgehead atoms. The van der Waals surface area contributed by atoms with Gasteiger partial charge in [-0.2, -0.15) is 12.7 Å². The lowest BCUT2D eigenvalue weighted by molar-refractivity contribution is 0.415. The van der Waals surface area contributed by atoms with E-state index < -0.39 is 10.2 Å². The number of nitrogens with two attached hydrogens (primary N) is 1. The molecule has 1 aromatic rings. The van der Waals surface area contributed by atoms with Crippen LogP contribution in [0.4, 0.5) is 5.69 Å². The van der Waals surface area contributed by atoms with Gasteiger partial charge < -0.3 is 5.73 Å². The van der Waals surface area contributed by atoms with Gasteiger partial charge in [-0.15, -0.1) is 0 Å². The quantitative estimate of drug-likeness (QED) is 0.745. The summed E-state index contributed by atoms with van der Waals surface area (Å²) < 4.78 is 27.5. The molecule has 0 aromatic heterocycles. The first-order valence-electron chi connectivity index (χ1n) is 5.58. The summed E-state index contributed by atoms with van der Waals surface area (Å²) in [6.07, 6.45) is 0. The lowest BCUT2D eigenvalue weighted by atomic mass is 10.2. The molecule has 0 heterocycles. The topological polar surface area (TPSA) is 75.4 Å². The molecule has 17 heavy (non-hydrogen) atoms. The minimum Gasteiger partial charge on any atom is -0.399 e. The monoisotopic (exact) mass is 257 g/mol. The third-order valence-electron chi connectivity index (χ3n) is 2.33. The van der Waals surface area contributed by atoms with Gasteiger partial charge >= 0.3 is 0 Å². The van der Waals surface area contributed by atoms with E-state index in [2.05, 4.69) is 4.72 Å². The number of anilines is 1. The minimum atomic E-state index is -3.39. The van der Waals surface area contributed by atoms with Gasteiger partial charge in [0.2, 0.25) is 0 Å². The predicted octanol–water partition coefficient (Wildman–Crippen LogP) is 0.945. The SMILES string of the molecule is CCNS(=O)(=O)N(CC)Cc1cccc(N)c1. The van der Waals surface area contributed by atoms with Crippen molar-refractivity contribution < 1.29 is 8.42 Å². The summed E-state index contributed by atoms with van der Waals surface area (Å²) in [6.45, 7) is 4.70. The summed E-state index contributed by atoms with van der Waals surface area (Å²) in [5.74, 6) is 0. The molecule has 1 aromatic carbocycles. The molecule has 0 fully saturated rings. The van der Waals surface area contributed by atoms with Crippen molar-refractivity contribution in [1.82, 2.24) is 9.03 Å². The highest BCUT2D eigenvalue weighted by Crippen LogP contribution is 2.11. The summed E-state index contributed by atoms with van der Waals surface area (Å²) in [7, 11) is -3.39. The van der Waals surface area contributed by atoms with E-state index in [4.69, 9.17) is 5.73 Å². The summed E-state index contributed by atoms with van der Waals surface area (Å²) in [6, 6.07) is 7.24. The van der Waals surface area contributed by atoms with Gasteiger partial charge in [-0.3, -0.25) is 0 Å². The van der Waals surface area contributed by atoms with Crippen LogP contribution in [0.25, 0.3) is 0 Å². The van der Waals surface area contributed by atoms with Crippen molar-refractivity contribution in [2.24, 2.45) is 0 Å². The molecule has 0 amide bonds. The van der Waals surface area contributed by atoms with Crippen LogP contribution < -0.4 is 10.5 Å². The Labute approximate surface area is 103 Å². The van der Waals surface area contributed by atoms with Crippen LogP contribution in [0, 0.1) is 0 Å². The molecule has 0 atom stereocenters. The molecule has 0 aliphatic carbocycles. The van der Waals surface area contributed by atoms with Crippen molar-refractivity contribution >= 4 is 15.9 Å². The van der Waals surface area contributed by atoms with Crippen molar-refractivity contribution in [1.29, 1.82) is 0 Å². The molecule has 0 aliphatic heterocycles. The third-order valence-corrected chi connectivity index (χ3v) is 4.05. The van der Waals surface area contributed by atoms with Crippen molar-refractivity contribution in [2.45, 2.75) is 20.4 Å². The average Bonchev–Trinajstić information content (AvgIpc) is 2.25. The molecule has 0 aliphatic rings. The summed E-state index contributed by atoms with van der Waals surface area (Å²) in [5, 5.41) is 0. The van der Waals surface area contributed by atoms with E-state index in [1.165, 1.54) is 4.31 Å². The predicted molar refractivity (Wildman–Crippen MR) is 69.5 cm³/mol. The number of hydrogen-bond donors (Lipinski definition) is 2. The van der Waals surface area contributed by atoms with E-state index in [0.29, 0.717) is 25.3 Å². The Kier molecular flexibility index (Phi) is 4.92. The summed E-state index contributed by atoms with van der Waals surface area (Å²) in [5.41, 5.74) is 7.18. The van der Waals surface area contributed by atoms with E-state index in [1.807, 2.05) is 12.1 Å². The molecule has 0 radical (unpaired) electrons. The number of nitrogens with zero attached hydrogens (tertiary/aromatic N) is 1. The lowest BCUT2D eigenvalue weighted by Gasteiger charge is -2.20. The van der Waals surface area contributed by atoms with Gasteiger partial charge in [-0.05, 0) is 17.7 Å². The van der Waals surface area contributed by atoms with Crippen LogP contribution in [0.5, 0.6) is 0 Å². The van der Waals surface area contributed by atoms with Crippen LogP contribution in [-0.2, 0) is 16.8 Å². The molecular formula is C11H19N3O2S. The van der Waals surface area contributed by atoms with Crippen LogP contribution >= 0.6 is 0 Å². The van der Waals surface area contributed by atoms with Crippen LogP contribution in [0.15, 0.2) is 24.3 Å². The highest BCUT2D eigenvalue weighted by molar-refractivity contribution is 7.87. The van der Waals surface area contributed by atoms with Crippen LogP contribution in [0.2, 0.25) is 0 Å².